The van der Waals surface area contributed by atoms with E-state index in [2.05, 4.69) is 16.7 Å². The molecule has 0 saturated carbocycles. The van der Waals surface area contributed by atoms with Gasteiger partial charge in [-0.2, -0.15) is 5.11 Å². The average Bonchev–Trinajstić information content (AvgIpc) is 2.53. The Labute approximate surface area is 142 Å². The molecule has 0 amide bonds. The average molecular weight is 392 g/mol. The number of aromatic nitrogens is 1. The first-order valence-electron chi connectivity index (χ1n) is 6.57. The topological polar surface area (TPSA) is 91.4 Å². The maximum absolute atomic E-state index is 6.96. The van der Waals surface area contributed by atoms with Gasteiger partial charge in [-0.1, -0.05) is 12.6 Å². The van der Waals surface area contributed by atoms with E-state index in [-0.39, 0.29) is 27.0 Å². The molecule has 120 valence electrons. The van der Waals surface area contributed by atoms with Gasteiger partial charge in [0, 0.05) is 32.4 Å². The minimum Gasteiger partial charge on any atom is -0.676 e. The summed E-state index contributed by atoms with van der Waals surface area (Å²) in [5.41, 5.74) is 15.6. The largest absolute Gasteiger partial charge is 0.676 e. The van der Waals surface area contributed by atoms with Crippen LogP contribution in [0.2, 0.25) is 0 Å². The van der Waals surface area contributed by atoms with Crippen LogP contribution in [0.3, 0.4) is 0 Å². The molecule has 0 aliphatic carbocycles. The van der Waals surface area contributed by atoms with Crippen molar-refractivity contribution in [1.29, 1.82) is 5.53 Å². The first kappa shape index (κ1) is 18.4. The maximum Gasteiger partial charge on any atom is 0.120 e. The third-order valence-corrected chi connectivity index (χ3v) is 2.83. The standard InChI is InChI=1S/C15H17N4O2.Pd/c1-11(19-17)14-4-2-12-10-13(3-5-15(12)18-14)21-9-8-20-7-6-16;/h2-5,10,16-17H,1,6-9H2;/q-1;. The van der Waals surface area contributed by atoms with Gasteiger partial charge in [-0.25, -0.2) is 10.5 Å². The van der Waals surface area contributed by atoms with Crippen LogP contribution in [0.5, 0.6) is 5.75 Å². The van der Waals surface area contributed by atoms with Crippen LogP contribution in [0.15, 0.2) is 42.0 Å². The zero-order chi connectivity index (χ0) is 15.1. The van der Waals surface area contributed by atoms with Crippen LogP contribution in [-0.2, 0) is 25.2 Å². The number of fused-ring (bicyclic) bond motifs is 1. The smallest absolute Gasteiger partial charge is 0.120 e. The number of pyridine rings is 1. The van der Waals surface area contributed by atoms with Crippen LogP contribution in [0.25, 0.3) is 22.3 Å². The van der Waals surface area contributed by atoms with E-state index in [1.165, 1.54) is 0 Å². The Kier molecular flexibility index (Phi) is 7.85. The summed E-state index contributed by atoms with van der Waals surface area (Å²) in [5, 5.41) is 4.23. The molecule has 0 atom stereocenters. The zero-order valence-electron chi connectivity index (χ0n) is 11.9. The quantitative estimate of drug-likeness (QED) is 0.422. The summed E-state index contributed by atoms with van der Waals surface area (Å²) < 4.78 is 10.8. The fraction of sp³-hybridized carbons (Fsp3) is 0.267. The molecule has 7 heteroatoms. The van der Waals surface area contributed by atoms with Crippen LogP contribution in [-0.4, -0.2) is 31.3 Å². The van der Waals surface area contributed by atoms with Gasteiger partial charge in [0.25, 0.3) is 0 Å². The molecule has 2 aromatic rings. The van der Waals surface area contributed by atoms with Gasteiger partial charge in [-0.15, -0.1) is 6.54 Å². The van der Waals surface area contributed by atoms with Crippen LogP contribution < -0.4 is 4.74 Å². The first-order chi connectivity index (χ1) is 10.2. The van der Waals surface area contributed by atoms with Crippen molar-refractivity contribution < 1.29 is 29.9 Å². The van der Waals surface area contributed by atoms with Crippen molar-refractivity contribution >= 4 is 16.6 Å². The molecule has 0 radical (unpaired) electrons. The fourth-order valence-corrected chi connectivity index (χ4v) is 1.80. The normalized spacial score (nSPS) is 10.0. The Balaban J connectivity index is 0.00000242. The molecule has 0 aliphatic heterocycles. The van der Waals surface area contributed by atoms with Crippen molar-refractivity contribution in [1.82, 2.24) is 4.98 Å². The van der Waals surface area contributed by atoms with Crippen molar-refractivity contribution in [2.75, 3.05) is 26.4 Å². The predicted octanol–water partition coefficient (Wildman–Crippen LogP) is 3.68. The Morgan fingerprint density at radius 1 is 1.23 bits per heavy atom. The third-order valence-electron chi connectivity index (χ3n) is 2.83. The second kappa shape index (κ2) is 9.39. The summed E-state index contributed by atoms with van der Waals surface area (Å²) in [6, 6.07) is 9.28. The van der Waals surface area contributed by atoms with Crippen LogP contribution >= 0.6 is 0 Å². The number of nitrogens with zero attached hydrogens (tertiary/aromatic N) is 2. The molecule has 2 rings (SSSR count). The van der Waals surface area contributed by atoms with Gasteiger partial charge in [-0.05, 0) is 24.3 Å². The van der Waals surface area contributed by atoms with E-state index >= 15 is 0 Å². The minimum absolute atomic E-state index is 0. The van der Waals surface area contributed by atoms with Gasteiger partial charge in [0.2, 0.25) is 0 Å². The molecule has 2 N–H and O–H groups in total. The van der Waals surface area contributed by atoms with E-state index in [1.54, 1.807) is 6.07 Å². The van der Waals surface area contributed by atoms with E-state index in [0.29, 0.717) is 31.2 Å². The maximum atomic E-state index is 6.96. The summed E-state index contributed by atoms with van der Waals surface area (Å²) in [4.78, 5) is 4.39. The van der Waals surface area contributed by atoms with E-state index < -0.39 is 0 Å². The summed E-state index contributed by atoms with van der Waals surface area (Å²) >= 11 is 0. The van der Waals surface area contributed by atoms with Crippen molar-refractivity contribution in [3.63, 3.8) is 0 Å². The van der Waals surface area contributed by atoms with Crippen molar-refractivity contribution in [3.8, 4) is 5.75 Å². The fourth-order valence-electron chi connectivity index (χ4n) is 1.80. The number of ether oxygens (including phenoxy) is 2. The molecule has 1 heterocycles. The molecule has 0 spiro atoms. The van der Waals surface area contributed by atoms with Crippen LogP contribution in [0.1, 0.15) is 5.69 Å². The molecule has 22 heavy (non-hydrogen) atoms. The second-order valence-electron chi connectivity index (χ2n) is 4.32. The molecule has 0 fully saturated rings. The molecular weight excluding hydrogens is 375 g/mol. The number of hydrogen-bond acceptors (Lipinski definition) is 5. The van der Waals surface area contributed by atoms with Gasteiger partial charge < -0.3 is 15.2 Å². The van der Waals surface area contributed by atoms with Crippen molar-refractivity contribution in [3.05, 3.63) is 48.3 Å². The van der Waals surface area contributed by atoms with Crippen molar-refractivity contribution in [2.24, 2.45) is 5.11 Å². The molecule has 6 nitrogen and oxygen atoms in total. The van der Waals surface area contributed by atoms with Gasteiger partial charge >= 0.3 is 0 Å². The zero-order valence-corrected chi connectivity index (χ0v) is 13.5. The minimum atomic E-state index is 0. The Hall–Kier alpha value is -1.65. The van der Waals surface area contributed by atoms with E-state index in [4.69, 9.17) is 20.7 Å². The van der Waals surface area contributed by atoms with E-state index in [0.717, 1.165) is 16.7 Å². The van der Waals surface area contributed by atoms with E-state index in [1.807, 2.05) is 24.3 Å². The SMILES string of the molecule is C=C(N=N)c1ccc2cc(OCCOCC[NH-])ccc2n1.[Pd]. The predicted molar refractivity (Wildman–Crippen MR) is 81.4 cm³/mol. The van der Waals surface area contributed by atoms with Gasteiger partial charge in [0.1, 0.15) is 18.1 Å². The molecule has 1 aromatic carbocycles. The third kappa shape index (κ3) is 4.97. The van der Waals surface area contributed by atoms with Crippen LogP contribution in [0, 0.1) is 5.53 Å². The summed E-state index contributed by atoms with van der Waals surface area (Å²) in [6.45, 7) is 5.28. The summed E-state index contributed by atoms with van der Waals surface area (Å²) in [5.74, 6) is 0.746. The molecule has 1 aromatic heterocycles. The molecular formula is C15H17N4O2Pd-. The Morgan fingerprint density at radius 2 is 2.05 bits per heavy atom. The number of rotatable bonds is 8. The van der Waals surface area contributed by atoms with Gasteiger partial charge in [-0.3, -0.25) is 0 Å². The monoisotopic (exact) mass is 391 g/mol. The molecule has 0 unspecified atom stereocenters. The summed E-state index contributed by atoms with van der Waals surface area (Å²) in [6.07, 6.45) is 0. The Bertz CT molecular complexity index is 648. The number of benzene rings is 1. The second-order valence-corrected chi connectivity index (χ2v) is 4.32. The van der Waals surface area contributed by atoms with E-state index in [9.17, 15) is 0 Å². The number of nitrogens with one attached hydrogen (secondary N) is 2. The van der Waals surface area contributed by atoms with Gasteiger partial charge in [0.15, 0.2) is 0 Å². The summed E-state index contributed by atoms with van der Waals surface area (Å²) in [7, 11) is 0. The first-order valence-corrected chi connectivity index (χ1v) is 6.57. The molecule has 0 saturated heterocycles. The van der Waals surface area contributed by atoms with Crippen LogP contribution in [0.4, 0.5) is 0 Å². The number of hydrogen-bond donors (Lipinski definition) is 1. The molecule has 0 aliphatic rings. The van der Waals surface area contributed by atoms with Crippen molar-refractivity contribution in [2.45, 2.75) is 0 Å². The molecule has 0 bridgehead atoms. The Morgan fingerprint density at radius 3 is 2.77 bits per heavy atom. The van der Waals surface area contributed by atoms with Gasteiger partial charge in [0.05, 0.1) is 17.8 Å².